The summed E-state index contributed by atoms with van der Waals surface area (Å²) in [6, 6.07) is 9.82. The molecular formula is C15H13BrO5. The van der Waals surface area contributed by atoms with Crippen LogP contribution in [0.5, 0.6) is 23.0 Å². The molecule has 1 N–H and O–H groups in total. The van der Waals surface area contributed by atoms with Crippen LogP contribution >= 0.6 is 15.9 Å². The minimum atomic E-state index is -1.03. The van der Waals surface area contributed by atoms with Gasteiger partial charge >= 0.3 is 5.97 Å². The number of rotatable bonds is 5. The lowest BCUT2D eigenvalue weighted by Gasteiger charge is -2.14. The van der Waals surface area contributed by atoms with E-state index in [-0.39, 0.29) is 5.56 Å². The van der Waals surface area contributed by atoms with Crippen molar-refractivity contribution in [3.63, 3.8) is 0 Å². The minimum Gasteiger partial charge on any atom is -0.493 e. The number of carboxylic acids is 1. The molecule has 0 amide bonds. The van der Waals surface area contributed by atoms with Crippen LogP contribution in [0.15, 0.2) is 40.9 Å². The SMILES string of the molecule is COc1cccc(OC)c1Oc1cc(Br)cc(C(=O)O)c1. The van der Waals surface area contributed by atoms with Gasteiger partial charge in [0.05, 0.1) is 19.8 Å². The van der Waals surface area contributed by atoms with Gasteiger partial charge in [-0.05, 0) is 30.3 Å². The molecule has 0 aromatic heterocycles. The van der Waals surface area contributed by atoms with Crippen LogP contribution in [-0.2, 0) is 0 Å². The highest BCUT2D eigenvalue weighted by Crippen LogP contribution is 2.40. The van der Waals surface area contributed by atoms with Gasteiger partial charge in [0.2, 0.25) is 5.75 Å². The zero-order valence-electron chi connectivity index (χ0n) is 11.4. The molecule has 2 aromatic carbocycles. The molecule has 0 aliphatic heterocycles. The fraction of sp³-hybridized carbons (Fsp3) is 0.133. The molecule has 0 radical (unpaired) electrons. The standard InChI is InChI=1S/C15H13BrO5/c1-19-12-4-3-5-13(20-2)14(12)21-11-7-9(15(17)18)6-10(16)8-11/h3-8H,1-2H3,(H,17,18). The van der Waals surface area contributed by atoms with E-state index >= 15 is 0 Å². The first-order valence-electron chi connectivity index (χ1n) is 5.98. The highest BCUT2D eigenvalue weighted by molar-refractivity contribution is 9.10. The Labute approximate surface area is 130 Å². The number of para-hydroxylation sites is 1. The molecule has 0 bridgehead atoms. The molecule has 0 unspecified atom stereocenters. The molecule has 0 fully saturated rings. The summed E-state index contributed by atoms with van der Waals surface area (Å²) in [4.78, 5) is 11.1. The Balaban J connectivity index is 2.45. The summed E-state index contributed by atoms with van der Waals surface area (Å²) in [6.07, 6.45) is 0. The van der Waals surface area contributed by atoms with Crippen LogP contribution in [0.3, 0.4) is 0 Å². The third-order valence-corrected chi connectivity index (χ3v) is 3.18. The maximum atomic E-state index is 11.1. The monoisotopic (exact) mass is 352 g/mol. The van der Waals surface area contributed by atoms with E-state index in [1.807, 2.05) is 0 Å². The summed E-state index contributed by atoms with van der Waals surface area (Å²) < 4.78 is 16.8. The highest BCUT2D eigenvalue weighted by atomic mass is 79.9. The van der Waals surface area contributed by atoms with Crippen molar-refractivity contribution in [1.82, 2.24) is 0 Å². The van der Waals surface area contributed by atoms with Crippen LogP contribution < -0.4 is 14.2 Å². The van der Waals surface area contributed by atoms with Crippen LogP contribution in [0.4, 0.5) is 0 Å². The summed E-state index contributed by atoms with van der Waals surface area (Å²) in [5.41, 5.74) is 0.119. The number of ether oxygens (including phenoxy) is 3. The second-order valence-electron chi connectivity index (χ2n) is 4.07. The predicted octanol–water partition coefficient (Wildman–Crippen LogP) is 3.96. The van der Waals surface area contributed by atoms with Crippen molar-refractivity contribution in [2.45, 2.75) is 0 Å². The Morgan fingerprint density at radius 2 is 1.71 bits per heavy atom. The molecule has 0 saturated heterocycles. The van der Waals surface area contributed by atoms with Crippen LogP contribution in [0.2, 0.25) is 0 Å². The van der Waals surface area contributed by atoms with Crippen molar-refractivity contribution in [3.8, 4) is 23.0 Å². The fourth-order valence-corrected chi connectivity index (χ4v) is 2.25. The van der Waals surface area contributed by atoms with E-state index in [0.717, 1.165) is 0 Å². The van der Waals surface area contributed by atoms with Crippen molar-refractivity contribution in [2.75, 3.05) is 14.2 Å². The Morgan fingerprint density at radius 3 is 2.24 bits per heavy atom. The molecule has 2 aromatic rings. The number of hydrogen-bond donors (Lipinski definition) is 1. The van der Waals surface area contributed by atoms with E-state index < -0.39 is 5.97 Å². The molecule has 2 rings (SSSR count). The number of benzene rings is 2. The van der Waals surface area contributed by atoms with E-state index in [4.69, 9.17) is 19.3 Å². The summed E-state index contributed by atoms with van der Waals surface area (Å²) in [6.45, 7) is 0. The Kier molecular flexibility index (Phi) is 4.70. The van der Waals surface area contributed by atoms with E-state index in [9.17, 15) is 4.79 Å². The first kappa shape index (κ1) is 15.2. The van der Waals surface area contributed by atoms with Gasteiger partial charge in [-0.2, -0.15) is 0 Å². The Bertz CT molecular complexity index is 647. The normalized spacial score (nSPS) is 10.0. The van der Waals surface area contributed by atoms with Gasteiger partial charge in [0.25, 0.3) is 0 Å². The van der Waals surface area contributed by atoms with Gasteiger partial charge in [-0.1, -0.05) is 22.0 Å². The van der Waals surface area contributed by atoms with Crippen LogP contribution in [0, 0.1) is 0 Å². The number of methoxy groups -OCH3 is 2. The fourth-order valence-electron chi connectivity index (χ4n) is 1.78. The van der Waals surface area contributed by atoms with Gasteiger partial charge in [-0.3, -0.25) is 0 Å². The maximum Gasteiger partial charge on any atom is 0.335 e. The van der Waals surface area contributed by atoms with Gasteiger partial charge in [0.15, 0.2) is 11.5 Å². The van der Waals surface area contributed by atoms with Gasteiger partial charge in [-0.25, -0.2) is 4.79 Å². The average Bonchev–Trinajstić information content (AvgIpc) is 2.46. The molecule has 21 heavy (non-hydrogen) atoms. The van der Waals surface area contributed by atoms with Crippen LogP contribution in [0.1, 0.15) is 10.4 Å². The number of carbonyl (C=O) groups is 1. The van der Waals surface area contributed by atoms with E-state index in [2.05, 4.69) is 15.9 Å². The number of aromatic carboxylic acids is 1. The predicted molar refractivity (Wildman–Crippen MR) is 80.7 cm³/mol. The summed E-state index contributed by atoms with van der Waals surface area (Å²) >= 11 is 3.26. The number of hydrogen-bond acceptors (Lipinski definition) is 4. The zero-order chi connectivity index (χ0) is 15.4. The first-order chi connectivity index (χ1) is 10.0. The van der Waals surface area contributed by atoms with E-state index in [1.54, 1.807) is 24.3 Å². The maximum absolute atomic E-state index is 11.1. The second kappa shape index (κ2) is 6.49. The summed E-state index contributed by atoms with van der Waals surface area (Å²) in [5, 5.41) is 9.08. The van der Waals surface area contributed by atoms with Crippen molar-refractivity contribution in [1.29, 1.82) is 0 Å². The lowest BCUT2D eigenvalue weighted by molar-refractivity contribution is 0.0696. The molecule has 0 aliphatic carbocycles. The van der Waals surface area contributed by atoms with Crippen molar-refractivity contribution >= 4 is 21.9 Å². The van der Waals surface area contributed by atoms with Gasteiger partial charge in [0, 0.05) is 4.47 Å². The quantitative estimate of drug-likeness (QED) is 0.882. The second-order valence-corrected chi connectivity index (χ2v) is 4.99. The Hall–Kier alpha value is -2.21. The van der Waals surface area contributed by atoms with Gasteiger partial charge < -0.3 is 19.3 Å². The third-order valence-electron chi connectivity index (χ3n) is 2.72. The van der Waals surface area contributed by atoms with Crippen molar-refractivity contribution in [2.24, 2.45) is 0 Å². The smallest absolute Gasteiger partial charge is 0.335 e. The van der Waals surface area contributed by atoms with Crippen molar-refractivity contribution in [3.05, 3.63) is 46.4 Å². The molecule has 110 valence electrons. The molecule has 0 saturated carbocycles. The summed E-state index contributed by atoms with van der Waals surface area (Å²) in [5.74, 6) is 0.701. The molecule has 0 aliphatic rings. The molecule has 0 spiro atoms. The number of carboxylic acid groups (broad SMARTS) is 1. The number of halogens is 1. The minimum absolute atomic E-state index is 0.119. The zero-order valence-corrected chi connectivity index (χ0v) is 13.0. The topological polar surface area (TPSA) is 65.0 Å². The third kappa shape index (κ3) is 3.46. The molecule has 0 heterocycles. The lowest BCUT2D eigenvalue weighted by Crippen LogP contribution is -1.98. The lowest BCUT2D eigenvalue weighted by atomic mass is 10.2. The van der Waals surface area contributed by atoms with Crippen LogP contribution in [-0.4, -0.2) is 25.3 Å². The molecule has 6 heteroatoms. The van der Waals surface area contributed by atoms with Gasteiger partial charge in [0.1, 0.15) is 5.75 Å². The average molecular weight is 353 g/mol. The summed E-state index contributed by atoms with van der Waals surface area (Å²) in [7, 11) is 3.04. The van der Waals surface area contributed by atoms with E-state index in [1.165, 1.54) is 26.4 Å². The molecular weight excluding hydrogens is 340 g/mol. The molecule has 0 atom stereocenters. The largest absolute Gasteiger partial charge is 0.493 e. The molecule has 5 nitrogen and oxygen atoms in total. The first-order valence-corrected chi connectivity index (χ1v) is 6.77. The van der Waals surface area contributed by atoms with E-state index in [0.29, 0.717) is 27.5 Å². The van der Waals surface area contributed by atoms with Crippen molar-refractivity contribution < 1.29 is 24.1 Å². The highest BCUT2D eigenvalue weighted by Gasteiger charge is 2.14. The van der Waals surface area contributed by atoms with Gasteiger partial charge in [-0.15, -0.1) is 0 Å². The van der Waals surface area contributed by atoms with Crippen LogP contribution in [0.25, 0.3) is 0 Å². The Morgan fingerprint density at radius 1 is 1.10 bits per heavy atom.